The first-order valence-corrected chi connectivity index (χ1v) is 6.92. The number of hydrogen-bond acceptors (Lipinski definition) is 0. The summed E-state index contributed by atoms with van der Waals surface area (Å²) in [7, 11) is 0. The predicted molar refractivity (Wildman–Crippen MR) is 77.2 cm³/mol. The first-order valence-electron chi connectivity index (χ1n) is 6.13. The zero-order chi connectivity index (χ0) is 11.9. The first-order chi connectivity index (χ1) is 8.34. The maximum absolute atomic E-state index is 3.51. The molecule has 0 aliphatic rings. The van der Waals surface area contributed by atoms with E-state index in [1.807, 2.05) is 0 Å². The van der Waals surface area contributed by atoms with Gasteiger partial charge in [0.05, 0.1) is 0 Å². The second-order valence-electron chi connectivity index (χ2n) is 4.32. The molecule has 0 unspecified atom stereocenters. The molecule has 0 aliphatic carbocycles. The highest BCUT2D eigenvalue weighted by Crippen LogP contribution is 2.14. The Bertz CT molecular complexity index is 448. The third-order valence-corrected chi connectivity index (χ3v) is 3.41. The Morgan fingerprint density at radius 2 is 1.35 bits per heavy atom. The molecule has 2 aromatic carbocycles. The third-order valence-electron chi connectivity index (χ3n) is 2.91. The van der Waals surface area contributed by atoms with Gasteiger partial charge < -0.3 is 0 Å². The lowest BCUT2D eigenvalue weighted by Crippen LogP contribution is -1.89. The van der Waals surface area contributed by atoms with Crippen LogP contribution in [0.3, 0.4) is 0 Å². The Labute approximate surface area is 112 Å². The molecule has 0 amide bonds. The van der Waals surface area contributed by atoms with Gasteiger partial charge in [-0.2, -0.15) is 0 Å². The van der Waals surface area contributed by atoms with Gasteiger partial charge in [-0.05, 0) is 48.9 Å². The average molecular weight is 289 g/mol. The molecule has 0 bridgehead atoms. The van der Waals surface area contributed by atoms with Gasteiger partial charge in [0.15, 0.2) is 0 Å². The van der Waals surface area contributed by atoms with E-state index < -0.39 is 0 Å². The first kappa shape index (κ1) is 12.4. The standard InChI is InChI=1S/C16H17Br/c17-16-12-6-11-15(13-16)10-5-4-9-14-7-2-1-3-8-14/h1-3,6-8,11-13H,4-5,9-10H2. The molecule has 0 nitrogen and oxygen atoms in total. The molecular formula is C16H17Br. The molecule has 0 aromatic heterocycles. The zero-order valence-corrected chi connectivity index (χ0v) is 11.5. The van der Waals surface area contributed by atoms with Gasteiger partial charge in [0.2, 0.25) is 0 Å². The van der Waals surface area contributed by atoms with Gasteiger partial charge in [-0.25, -0.2) is 0 Å². The van der Waals surface area contributed by atoms with E-state index in [0.717, 1.165) is 0 Å². The molecule has 0 aliphatic heterocycles. The molecule has 88 valence electrons. The average Bonchev–Trinajstić information content (AvgIpc) is 2.36. The summed E-state index contributed by atoms with van der Waals surface area (Å²) in [4.78, 5) is 0. The molecule has 0 spiro atoms. The Kier molecular flexibility index (Phi) is 4.81. The fourth-order valence-electron chi connectivity index (χ4n) is 2.00. The van der Waals surface area contributed by atoms with Crippen molar-refractivity contribution in [3.63, 3.8) is 0 Å². The van der Waals surface area contributed by atoms with E-state index in [1.165, 1.54) is 41.3 Å². The second-order valence-corrected chi connectivity index (χ2v) is 5.24. The Balaban J connectivity index is 1.73. The van der Waals surface area contributed by atoms with Gasteiger partial charge in [0.1, 0.15) is 0 Å². The summed E-state index contributed by atoms with van der Waals surface area (Å²) in [6, 6.07) is 19.3. The smallest absolute Gasteiger partial charge is 0.0177 e. The normalized spacial score (nSPS) is 10.4. The van der Waals surface area contributed by atoms with Crippen LogP contribution in [0, 0.1) is 0 Å². The number of hydrogen-bond donors (Lipinski definition) is 0. The quantitative estimate of drug-likeness (QED) is 0.678. The van der Waals surface area contributed by atoms with Crippen molar-refractivity contribution in [2.75, 3.05) is 0 Å². The largest absolute Gasteiger partial charge is 0.0622 e. The van der Waals surface area contributed by atoms with Crippen LogP contribution in [0.15, 0.2) is 59.1 Å². The van der Waals surface area contributed by atoms with Crippen molar-refractivity contribution < 1.29 is 0 Å². The third kappa shape index (κ3) is 4.35. The molecule has 0 N–H and O–H groups in total. The second kappa shape index (κ2) is 6.61. The fraction of sp³-hybridized carbons (Fsp3) is 0.250. The van der Waals surface area contributed by atoms with Crippen molar-refractivity contribution in [3.05, 3.63) is 70.2 Å². The van der Waals surface area contributed by atoms with E-state index in [4.69, 9.17) is 0 Å². The molecule has 0 heterocycles. The summed E-state index contributed by atoms with van der Waals surface area (Å²) >= 11 is 3.51. The van der Waals surface area contributed by atoms with Gasteiger partial charge in [0, 0.05) is 4.47 Å². The molecule has 0 atom stereocenters. The highest BCUT2D eigenvalue weighted by atomic mass is 79.9. The van der Waals surface area contributed by atoms with Crippen LogP contribution in [0.4, 0.5) is 0 Å². The van der Waals surface area contributed by atoms with Crippen molar-refractivity contribution in [2.24, 2.45) is 0 Å². The number of aryl methyl sites for hydroxylation is 2. The van der Waals surface area contributed by atoms with Crippen LogP contribution in [-0.2, 0) is 12.8 Å². The van der Waals surface area contributed by atoms with Crippen LogP contribution in [-0.4, -0.2) is 0 Å². The molecule has 1 heteroatoms. The highest BCUT2D eigenvalue weighted by Gasteiger charge is 1.96. The Morgan fingerprint density at radius 3 is 2.06 bits per heavy atom. The van der Waals surface area contributed by atoms with Crippen molar-refractivity contribution in [1.82, 2.24) is 0 Å². The zero-order valence-electron chi connectivity index (χ0n) is 9.90. The van der Waals surface area contributed by atoms with Gasteiger partial charge in [-0.1, -0.05) is 58.4 Å². The van der Waals surface area contributed by atoms with Crippen molar-refractivity contribution in [3.8, 4) is 0 Å². The van der Waals surface area contributed by atoms with Gasteiger partial charge in [0.25, 0.3) is 0 Å². The van der Waals surface area contributed by atoms with Crippen LogP contribution in [0.1, 0.15) is 24.0 Å². The van der Waals surface area contributed by atoms with Crippen molar-refractivity contribution in [2.45, 2.75) is 25.7 Å². The van der Waals surface area contributed by atoms with E-state index in [0.29, 0.717) is 0 Å². The monoisotopic (exact) mass is 288 g/mol. The maximum Gasteiger partial charge on any atom is 0.0177 e. The topological polar surface area (TPSA) is 0 Å². The number of halogens is 1. The van der Waals surface area contributed by atoms with E-state index in [-0.39, 0.29) is 0 Å². The summed E-state index contributed by atoms with van der Waals surface area (Å²) in [6.45, 7) is 0. The van der Waals surface area contributed by atoms with E-state index in [9.17, 15) is 0 Å². The van der Waals surface area contributed by atoms with Gasteiger partial charge >= 0.3 is 0 Å². The highest BCUT2D eigenvalue weighted by molar-refractivity contribution is 9.10. The molecule has 0 radical (unpaired) electrons. The molecule has 0 saturated heterocycles. The van der Waals surface area contributed by atoms with Crippen molar-refractivity contribution >= 4 is 15.9 Å². The summed E-state index contributed by atoms with van der Waals surface area (Å²) in [6.07, 6.45) is 4.88. The minimum absolute atomic E-state index is 1.17. The molecule has 2 aromatic rings. The minimum Gasteiger partial charge on any atom is -0.0622 e. The Morgan fingerprint density at radius 1 is 0.706 bits per heavy atom. The molecule has 0 saturated carbocycles. The number of unbranched alkanes of at least 4 members (excludes halogenated alkanes) is 1. The summed E-state index contributed by atoms with van der Waals surface area (Å²) in [5.74, 6) is 0. The fourth-order valence-corrected chi connectivity index (χ4v) is 2.44. The molecule has 2 rings (SSSR count). The SMILES string of the molecule is Brc1cccc(CCCCc2ccccc2)c1. The summed E-state index contributed by atoms with van der Waals surface area (Å²) < 4.78 is 1.18. The summed E-state index contributed by atoms with van der Waals surface area (Å²) in [5, 5.41) is 0. The number of rotatable bonds is 5. The van der Waals surface area contributed by atoms with Gasteiger partial charge in [-0.15, -0.1) is 0 Å². The van der Waals surface area contributed by atoms with Crippen LogP contribution >= 0.6 is 15.9 Å². The molecule has 0 fully saturated rings. The lowest BCUT2D eigenvalue weighted by molar-refractivity contribution is 0.734. The lowest BCUT2D eigenvalue weighted by atomic mass is 10.0. The van der Waals surface area contributed by atoms with Gasteiger partial charge in [-0.3, -0.25) is 0 Å². The maximum atomic E-state index is 3.51. The minimum atomic E-state index is 1.17. The van der Waals surface area contributed by atoms with Crippen LogP contribution < -0.4 is 0 Å². The van der Waals surface area contributed by atoms with E-state index in [1.54, 1.807) is 0 Å². The lowest BCUT2D eigenvalue weighted by Gasteiger charge is -2.03. The summed E-state index contributed by atoms with van der Waals surface area (Å²) in [5.41, 5.74) is 2.87. The van der Waals surface area contributed by atoms with E-state index >= 15 is 0 Å². The van der Waals surface area contributed by atoms with Crippen LogP contribution in [0.25, 0.3) is 0 Å². The number of benzene rings is 2. The predicted octanol–water partition coefficient (Wildman–Crippen LogP) is 5.01. The van der Waals surface area contributed by atoms with Crippen LogP contribution in [0.2, 0.25) is 0 Å². The van der Waals surface area contributed by atoms with Crippen molar-refractivity contribution in [1.29, 1.82) is 0 Å². The molecular weight excluding hydrogens is 272 g/mol. The van der Waals surface area contributed by atoms with Crippen LogP contribution in [0.5, 0.6) is 0 Å². The van der Waals surface area contributed by atoms with E-state index in [2.05, 4.69) is 70.5 Å². The Hall–Kier alpha value is -1.08. The molecule has 17 heavy (non-hydrogen) atoms.